The number of rotatable bonds is 7. The van der Waals surface area contributed by atoms with E-state index in [9.17, 15) is 9.18 Å². The van der Waals surface area contributed by atoms with Gasteiger partial charge in [0, 0.05) is 45.1 Å². The van der Waals surface area contributed by atoms with Crippen LogP contribution in [0.15, 0.2) is 24.3 Å². The van der Waals surface area contributed by atoms with Crippen LogP contribution in [0.2, 0.25) is 0 Å². The first-order valence-electron chi connectivity index (χ1n) is 10.3. The molecule has 2 saturated heterocycles. The van der Waals surface area contributed by atoms with Crippen molar-refractivity contribution in [2.45, 2.75) is 38.3 Å². The number of nitrogens with zero attached hydrogens (tertiary/aromatic N) is 6. The summed E-state index contributed by atoms with van der Waals surface area (Å²) in [6.07, 6.45) is 2.11. The Morgan fingerprint density at radius 2 is 1.97 bits per heavy atom. The Bertz CT molecular complexity index is 806. The van der Waals surface area contributed by atoms with Crippen molar-refractivity contribution in [2.75, 3.05) is 39.4 Å². The quantitative estimate of drug-likeness (QED) is 0.698. The number of carbonyl (C=O) groups is 1. The Labute approximate surface area is 169 Å². The molecule has 0 radical (unpaired) electrons. The molecule has 0 aliphatic carbocycles. The molecule has 2 aliphatic heterocycles. The van der Waals surface area contributed by atoms with E-state index in [-0.39, 0.29) is 11.7 Å². The van der Waals surface area contributed by atoms with Gasteiger partial charge < -0.3 is 9.64 Å². The molecule has 2 fully saturated rings. The molecular formula is C20H27FN6O2. The van der Waals surface area contributed by atoms with E-state index < -0.39 is 0 Å². The molecule has 2 aromatic rings. The molecule has 0 bridgehead atoms. The van der Waals surface area contributed by atoms with Crippen LogP contribution in [0.3, 0.4) is 0 Å². The standard InChI is InChI=1S/C20H27FN6O2/c21-18-5-3-16(4-6-18)17-7-9-26(14-17)20(28)2-1-8-27-19(22-23-24-27)15-25-10-12-29-13-11-25/h3-6,17H,1-2,7-15H2/t17-/m1/s1. The molecule has 1 amide bonds. The largest absolute Gasteiger partial charge is 0.379 e. The summed E-state index contributed by atoms with van der Waals surface area (Å²) in [5, 5.41) is 12.0. The maximum absolute atomic E-state index is 13.1. The first-order chi connectivity index (χ1) is 14.2. The maximum atomic E-state index is 13.1. The minimum absolute atomic E-state index is 0.164. The van der Waals surface area contributed by atoms with Crippen LogP contribution in [-0.4, -0.2) is 75.3 Å². The van der Waals surface area contributed by atoms with Crippen molar-refractivity contribution in [3.05, 3.63) is 41.5 Å². The van der Waals surface area contributed by atoms with E-state index in [0.717, 1.165) is 50.7 Å². The number of aryl methyl sites for hydroxylation is 1. The SMILES string of the molecule is O=C(CCCn1nnnc1CN1CCOCC1)N1CC[C@@H](c2ccc(F)cc2)C1. The summed E-state index contributed by atoms with van der Waals surface area (Å²) < 4.78 is 20.3. The molecule has 156 valence electrons. The molecule has 2 aliphatic rings. The molecule has 0 N–H and O–H groups in total. The van der Waals surface area contributed by atoms with Crippen LogP contribution in [0.5, 0.6) is 0 Å². The second kappa shape index (κ2) is 9.41. The Balaban J connectivity index is 1.22. The fraction of sp³-hybridized carbons (Fsp3) is 0.600. The van der Waals surface area contributed by atoms with E-state index in [0.29, 0.717) is 38.4 Å². The Morgan fingerprint density at radius 3 is 2.76 bits per heavy atom. The number of carbonyl (C=O) groups excluding carboxylic acids is 1. The lowest BCUT2D eigenvalue weighted by atomic mass is 9.99. The first-order valence-corrected chi connectivity index (χ1v) is 10.3. The predicted octanol–water partition coefficient (Wildman–Crippen LogP) is 1.44. The Kier molecular flexibility index (Phi) is 6.46. The number of hydrogen-bond acceptors (Lipinski definition) is 6. The molecule has 9 heteroatoms. The molecular weight excluding hydrogens is 375 g/mol. The Morgan fingerprint density at radius 1 is 1.17 bits per heavy atom. The molecule has 8 nitrogen and oxygen atoms in total. The van der Waals surface area contributed by atoms with Gasteiger partial charge in [-0.1, -0.05) is 12.1 Å². The minimum Gasteiger partial charge on any atom is -0.379 e. The van der Waals surface area contributed by atoms with Crippen molar-refractivity contribution in [1.29, 1.82) is 0 Å². The van der Waals surface area contributed by atoms with Crippen LogP contribution in [0.4, 0.5) is 4.39 Å². The van der Waals surface area contributed by atoms with Gasteiger partial charge in [0.25, 0.3) is 0 Å². The average Bonchev–Trinajstić information content (AvgIpc) is 3.39. The molecule has 1 aromatic heterocycles. The summed E-state index contributed by atoms with van der Waals surface area (Å²) in [4.78, 5) is 16.8. The number of amides is 1. The second-order valence-corrected chi connectivity index (χ2v) is 7.69. The van der Waals surface area contributed by atoms with Crippen LogP contribution in [0.1, 0.15) is 36.6 Å². The summed E-state index contributed by atoms with van der Waals surface area (Å²) in [7, 11) is 0. The lowest BCUT2D eigenvalue weighted by molar-refractivity contribution is -0.130. The molecule has 1 atom stereocenters. The normalized spacial score (nSPS) is 20.3. The fourth-order valence-corrected chi connectivity index (χ4v) is 4.00. The number of benzene rings is 1. The van der Waals surface area contributed by atoms with Gasteiger partial charge in [0.2, 0.25) is 5.91 Å². The van der Waals surface area contributed by atoms with Crippen LogP contribution in [-0.2, 0) is 22.6 Å². The summed E-state index contributed by atoms with van der Waals surface area (Å²) in [6, 6.07) is 6.62. The third-order valence-electron chi connectivity index (χ3n) is 5.72. The number of aromatic nitrogens is 4. The van der Waals surface area contributed by atoms with Crippen LogP contribution in [0, 0.1) is 5.82 Å². The highest BCUT2D eigenvalue weighted by atomic mass is 19.1. The number of tetrazole rings is 1. The van der Waals surface area contributed by atoms with E-state index in [4.69, 9.17) is 4.74 Å². The van der Waals surface area contributed by atoms with E-state index in [2.05, 4.69) is 20.4 Å². The molecule has 0 unspecified atom stereocenters. The van der Waals surface area contributed by atoms with Crippen LogP contribution < -0.4 is 0 Å². The van der Waals surface area contributed by atoms with E-state index in [1.165, 1.54) is 12.1 Å². The van der Waals surface area contributed by atoms with E-state index in [1.54, 1.807) is 4.68 Å². The monoisotopic (exact) mass is 402 g/mol. The van der Waals surface area contributed by atoms with Gasteiger partial charge in [-0.3, -0.25) is 9.69 Å². The average molecular weight is 402 g/mol. The Hall–Kier alpha value is -2.39. The highest BCUT2D eigenvalue weighted by Crippen LogP contribution is 2.27. The minimum atomic E-state index is -0.227. The second-order valence-electron chi connectivity index (χ2n) is 7.69. The number of ether oxygens (including phenoxy) is 1. The van der Waals surface area contributed by atoms with Crippen molar-refractivity contribution < 1.29 is 13.9 Å². The molecule has 1 aromatic carbocycles. The molecule has 29 heavy (non-hydrogen) atoms. The van der Waals surface area contributed by atoms with Crippen molar-refractivity contribution >= 4 is 5.91 Å². The van der Waals surface area contributed by atoms with Gasteiger partial charge in [0.05, 0.1) is 19.8 Å². The summed E-state index contributed by atoms with van der Waals surface area (Å²) in [5.41, 5.74) is 1.10. The number of hydrogen-bond donors (Lipinski definition) is 0. The molecule has 0 saturated carbocycles. The van der Waals surface area contributed by atoms with Gasteiger partial charge in [0.15, 0.2) is 5.82 Å². The first kappa shape index (κ1) is 19.9. The van der Waals surface area contributed by atoms with Crippen LogP contribution in [0.25, 0.3) is 0 Å². The lowest BCUT2D eigenvalue weighted by Crippen LogP contribution is -2.36. The zero-order chi connectivity index (χ0) is 20.1. The van der Waals surface area contributed by atoms with Crippen molar-refractivity contribution in [1.82, 2.24) is 30.0 Å². The highest BCUT2D eigenvalue weighted by Gasteiger charge is 2.27. The van der Waals surface area contributed by atoms with Gasteiger partial charge in [-0.05, 0) is 41.0 Å². The fourth-order valence-electron chi connectivity index (χ4n) is 4.00. The number of morpholine rings is 1. The number of halogens is 1. The summed E-state index contributed by atoms with van der Waals surface area (Å²) in [5.74, 6) is 1.06. The van der Waals surface area contributed by atoms with Crippen molar-refractivity contribution in [2.24, 2.45) is 0 Å². The molecule has 0 spiro atoms. The summed E-state index contributed by atoms with van der Waals surface area (Å²) in [6.45, 7) is 6.05. The predicted molar refractivity (Wildman–Crippen MR) is 103 cm³/mol. The van der Waals surface area contributed by atoms with E-state index >= 15 is 0 Å². The third-order valence-corrected chi connectivity index (χ3v) is 5.72. The molecule has 3 heterocycles. The van der Waals surface area contributed by atoms with Crippen molar-refractivity contribution in [3.63, 3.8) is 0 Å². The molecule has 4 rings (SSSR count). The van der Waals surface area contributed by atoms with Crippen molar-refractivity contribution in [3.8, 4) is 0 Å². The smallest absolute Gasteiger partial charge is 0.222 e. The van der Waals surface area contributed by atoms with Gasteiger partial charge in [-0.25, -0.2) is 9.07 Å². The maximum Gasteiger partial charge on any atom is 0.222 e. The zero-order valence-corrected chi connectivity index (χ0v) is 16.5. The van der Waals surface area contributed by atoms with Crippen LogP contribution >= 0.6 is 0 Å². The third kappa shape index (κ3) is 5.16. The zero-order valence-electron chi connectivity index (χ0n) is 16.5. The summed E-state index contributed by atoms with van der Waals surface area (Å²) >= 11 is 0. The van der Waals surface area contributed by atoms with Gasteiger partial charge in [0.1, 0.15) is 5.82 Å². The highest BCUT2D eigenvalue weighted by molar-refractivity contribution is 5.76. The lowest BCUT2D eigenvalue weighted by Gasteiger charge is -2.25. The number of likely N-dealkylation sites (tertiary alicyclic amines) is 1. The van der Waals surface area contributed by atoms with Gasteiger partial charge >= 0.3 is 0 Å². The van der Waals surface area contributed by atoms with Gasteiger partial charge in [-0.2, -0.15) is 0 Å². The van der Waals surface area contributed by atoms with Gasteiger partial charge in [-0.15, -0.1) is 5.10 Å². The topological polar surface area (TPSA) is 76.4 Å². The van der Waals surface area contributed by atoms with E-state index in [1.807, 2.05) is 17.0 Å².